The second-order valence-corrected chi connectivity index (χ2v) is 12.8. The minimum Gasteiger partial charge on any atom is -0.504 e. The third kappa shape index (κ3) is 2.76. The number of nitrogens with zero attached hydrogens (tertiary/aromatic N) is 3. The Kier molecular flexibility index (Phi) is 4.49. The smallest absolute Gasteiger partial charge is 0.224 e. The molecule has 1 aromatic carbocycles. The molecule has 35 heavy (non-hydrogen) atoms. The molecule has 9 rings (SSSR count). The number of carbonyl (C=O) groups is 1. The molecule has 2 spiro atoms. The van der Waals surface area contributed by atoms with Gasteiger partial charge in [0.05, 0.1) is 6.04 Å². The molecule has 6 fully saturated rings. The first-order valence-corrected chi connectivity index (χ1v) is 14.4. The highest BCUT2D eigenvalue weighted by atomic mass is 16.5. The summed E-state index contributed by atoms with van der Waals surface area (Å²) in [4.78, 5) is 21.3. The summed E-state index contributed by atoms with van der Waals surface area (Å²) in [6, 6.07) is 4.70. The molecule has 5 heterocycles. The molecule has 6 heteroatoms. The van der Waals surface area contributed by atoms with E-state index in [0.29, 0.717) is 24.1 Å². The number of piperidine rings is 1. The van der Waals surface area contributed by atoms with Crippen molar-refractivity contribution in [3.8, 4) is 11.5 Å². The highest BCUT2D eigenvalue weighted by Crippen LogP contribution is 2.71. The van der Waals surface area contributed by atoms with Crippen LogP contribution in [-0.2, 0) is 16.6 Å². The van der Waals surface area contributed by atoms with Gasteiger partial charge in [0.25, 0.3) is 0 Å². The quantitative estimate of drug-likeness (QED) is 0.705. The zero-order chi connectivity index (χ0) is 23.4. The summed E-state index contributed by atoms with van der Waals surface area (Å²) < 4.78 is 6.83. The summed E-state index contributed by atoms with van der Waals surface area (Å²) >= 11 is 0. The molecule has 188 valence electrons. The molecule has 4 saturated heterocycles. The van der Waals surface area contributed by atoms with Crippen LogP contribution >= 0.6 is 0 Å². The van der Waals surface area contributed by atoms with Crippen LogP contribution in [-0.4, -0.2) is 83.2 Å². The number of aromatic hydroxyl groups is 1. The van der Waals surface area contributed by atoms with E-state index < -0.39 is 0 Å². The number of hydrogen-bond acceptors (Lipinski definition) is 5. The minimum absolute atomic E-state index is 0.0117. The first-order valence-electron chi connectivity index (χ1n) is 14.4. The van der Waals surface area contributed by atoms with Gasteiger partial charge in [0.15, 0.2) is 11.5 Å². The van der Waals surface area contributed by atoms with Crippen LogP contribution in [0.2, 0.25) is 0 Å². The van der Waals surface area contributed by atoms with E-state index in [1.807, 2.05) is 6.07 Å². The lowest BCUT2D eigenvalue weighted by Gasteiger charge is -2.66. The highest BCUT2D eigenvalue weighted by Gasteiger charge is 2.74. The maximum atomic E-state index is 13.7. The number of phenols is 1. The Labute approximate surface area is 208 Å². The Morgan fingerprint density at radius 2 is 1.91 bits per heavy atom. The Morgan fingerprint density at radius 3 is 2.74 bits per heavy atom. The molecule has 0 unspecified atom stereocenters. The van der Waals surface area contributed by atoms with Crippen LogP contribution in [0.4, 0.5) is 0 Å². The summed E-state index contributed by atoms with van der Waals surface area (Å²) in [7, 11) is 0. The molecule has 5 atom stereocenters. The summed E-state index contributed by atoms with van der Waals surface area (Å²) in [5, 5.41) is 10.9. The SMILES string of the molecule is O=C(CCN1CCCC1)N1CC[C@@]23CC[C@@H]1[C@@H]1Oc4c(O)ccc5c4[C@@]12CCN(CC1CC1)[C@@H]3C5. The van der Waals surface area contributed by atoms with Crippen molar-refractivity contribution in [2.45, 2.75) is 87.8 Å². The van der Waals surface area contributed by atoms with Gasteiger partial charge in [-0.2, -0.15) is 0 Å². The van der Waals surface area contributed by atoms with Gasteiger partial charge in [0.1, 0.15) is 6.10 Å². The third-order valence-corrected chi connectivity index (χ3v) is 11.4. The monoisotopic (exact) mass is 477 g/mol. The van der Waals surface area contributed by atoms with Crippen LogP contribution in [0.1, 0.15) is 68.9 Å². The van der Waals surface area contributed by atoms with Gasteiger partial charge in [-0.1, -0.05) is 6.07 Å². The Morgan fingerprint density at radius 1 is 1.06 bits per heavy atom. The van der Waals surface area contributed by atoms with E-state index in [-0.39, 0.29) is 23.0 Å². The second-order valence-electron chi connectivity index (χ2n) is 12.8. The fourth-order valence-corrected chi connectivity index (χ4v) is 9.70. The second kappa shape index (κ2) is 7.38. The normalized spacial score (nSPS) is 39.4. The number of phenolic OH excluding ortho intramolecular Hbond substituents is 1. The zero-order valence-electron chi connectivity index (χ0n) is 20.9. The fourth-order valence-electron chi connectivity index (χ4n) is 9.70. The molecule has 4 bridgehead atoms. The topological polar surface area (TPSA) is 56.3 Å². The van der Waals surface area contributed by atoms with Crippen LogP contribution in [0.3, 0.4) is 0 Å². The lowest BCUT2D eigenvalue weighted by molar-refractivity contribution is -0.144. The maximum Gasteiger partial charge on any atom is 0.224 e. The molecule has 0 aromatic heterocycles. The summed E-state index contributed by atoms with van der Waals surface area (Å²) in [5.41, 5.74) is 2.83. The van der Waals surface area contributed by atoms with Gasteiger partial charge in [-0.15, -0.1) is 0 Å². The Balaban J connectivity index is 1.20. The van der Waals surface area contributed by atoms with Crippen molar-refractivity contribution in [2.75, 3.05) is 39.3 Å². The van der Waals surface area contributed by atoms with Crippen molar-refractivity contribution in [3.05, 3.63) is 23.3 Å². The van der Waals surface area contributed by atoms with Gasteiger partial charge < -0.3 is 19.6 Å². The van der Waals surface area contributed by atoms with Crippen LogP contribution in [0, 0.1) is 11.3 Å². The zero-order valence-corrected chi connectivity index (χ0v) is 20.9. The highest BCUT2D eigenvalue weighted by molar-refractivity contribution is 5.77. The van der Waals surface area contributed by atoms with Gasteiger partial charge in [-0.25, -0.2) is 0 Å². The van der Waals surface area contributed by atoms with Crippen molar-refractivity contribution in [1.82, 2.24) is 14.7 Å². The Hall–Kier alpha value is -1.79. The molecule has 1 amide bonds. The average Bonchev–Trinajstić information content (AvgIpc) is 3.47. The number of ether oxygens (including phenoxy) is 1. The average molecular weight is 478 g/mol. The first kappa shape index (κ1) is 21.3. The molecule has 0 radical (unpaired) electrons. The van der Waals surface area contributed by atoms with E-state index in [2.05, 4.69) is 20.8 Å². The van der Waals surface area contributed by atoms with E-state index in [1.54, 1.807) is 0 Å². The van der Waals surface area contributed by atoms with E-state index in [4.69, 9.17) is 4.74 Å². The van der Waals surface area contributed by atoms with Crippen LogP contribution in [0.15, 0.2) is 12.1 Å². The fraction of sp³-hybridized carbons (Fsp3) is 0.759. The first-order chi connectivity index (χ1) is 17.1. The third-order valence-electron chi connectivity index (χ3n) is 11.4. The number of hydrogen-bond donors (Lipinski definition) is 1. The molecular formula is C29H39N3O3. The van der Waals surface area contributed by atoms with Crippen molar-refractivity contribution >= 4 is 5.91 Å². The van der Waals surface area contributed by atoms with Crippen LogP contribution < -0.4 is 4.74 Å². The molecular weight excluding hydrogens is 438 g/mol. The van der Waals surface area contributed by atoms with E-state index in [1.165, 1.54) is 49.8 Å². The molecule has 1 N–H and O–H groups in total. The summed E-state index contributed by atoms with van der Waals surface area (Å²) in [6.45, 7) is 6.44. The number of fused-ring (bicyclic) bond motifs is 3. The molecule has 1 aromatic rings. The molecule has 6 nitrogen and oxygen atoms in total. The van der Waals surface area contributed by atoms with E-state index in [0.717, 1.165) is 70.1 Å². The van der Waals surface area contributed by atoms with Crippen molar-refractivity contribution in [2.24, 2.45) is 11.3 Å². The maximum absolute atomic E-state index is 13.7. The number of likely N-dealkylation sites (tertiary alicyclic amines) is 2. The predicted octanol–water partition coefficient (Wildman–Crippen LogP) is 3.30. The van der Waals surface area contributed by atoms with Crippen molar-refractivity contribution < 1.29 is 14.6 Å². The number of benzene rings is 1. The van der Waals surface area contributed by atoms with Crippen molar-refractivity contribution in [1.29, 1.82) is 0 Å². The van der Waals surface area contributed by atoms with Crippen molar-refractivity contribution in [3.63, 3.8) is 0 Å². The number of carbonyl (C=O) groups excluding carboxylic acids is 1. The lowest BCUT2D eigenvalue weighted by atomic mass is 9.42. The van der Waals surface area contributed by atoms with Gasteiger partial charge in [-0.05, 0) is 95.0 Å². The minimum atomic E-state index is -0.0493. The van der Waals surface area contributed by atoms with Gasteiger partial charge in [-0.3, -0.25) is 9.69 Å². The van der Waals surface area contributed by atoms with Gasteiger partial charge in [0.2, 0.25) is 5.91 Å². The molecule has 3 aliphatic carbocycles. The number of rotatable bonds is 5. The lowest BCUT2D eigenvalue weighted by Crippen LogP contribution is -2.72. The standard InChI is InChI=1S/C29H39N3O3/c33-22-6-5-20-17-23-28-9-7-21(32(16-10-28)24(34)8-14-30-12-1-2-13-30)27-29(28,25(20)26(22)35-27)11-15-31(23)18-19-3-4-19/h5-6,19,21,23,27,33H,1-4,7-18H2/t21-,23-,27+,28-,29+/m1/s1. The summed E-state index contributed by atoms with van der Waals surface area (Å²) in [6.07, 6.45) is 11.4. The molecule has 8 aliphatic rings. The largest absolute Gasteiger partial charge is 0.504 e. The van der Waals surface area contributed by atoms with Crippen LogP contribution in [0.5, 0.6) is 11.5 Å². The van der Waals surface area contributed by atoms with Gasteiger partial charge >= 0.3 is 0 Å². The van der Waals surface area contributed by atoms with Crippen LogP contribution in [0.25, 0.3) is 0 Å². The molecule has 2 saturated carbocycles. The van der Waals surface area contributed by atoms with E-state index >= 15 is 0 Å². The number of amides is 1. The molecule has 5 aliphatic heterocycles. The van der Waals surface area contributed by atoms with Gasteiger partial charge in [0, 0.05) is 48.5 Å². The predicted molar refractivity (Wildman–Crippen MR) is 133 cm³/mol. The van der Waals surface area contributed by atoms with E-state index in [9.17, 15) is 9.90 Å². The summed E-state index contributed by atoms with van der Waals surface area (Å²) in [5.74, 6) is 2.26. The Bertz CT molecular complexity index is 1070.